The van der Waals surface area contributed by atoms with Gasteiger partial charge in [0.2, 0.25) is 0 Å². The number of rotatable bonds is 6. The van der Waals surface area contributed by atoms with Gasteiger partial charge in [0.05, 0.1) is 0 Å². The van der Waals surface area contributed by atoms with Gasteiger partial charge in [0.25, 0.3) is 0 Å². The highest BCUT2D eigenvalue weighted by atomic mass is 16.5. The van der Waals surface area contributed by atoms with Gasteiger partial charge < -0.3 is 4.74 Å². The molecule has 0 heterocycles. The van der Waals surface area contributed by atoms with Crippen LogP contribution < -0.4 is 0 Å². The molecule has 1 unspecified atom stereocenters. The van der Waals surface area contributed by atoms with E-state index in [1.807, 2.05) is 6.07 Å². The Kier molecular flexibility index (Phi) is 5.36. The summed E-state index contributed by atoms with van der Waals surface area (Å²) in [4.78, 5) is 0. The van der Waals surface area contributed by atoms with Crippen LogP contribution in [0.3, 0.4) is 0 Å². The summed E-state index contributed by atoms with van der Waals surface area (Å²) in [6.45, 7) is 11.5. The molecule has 0 bridgehead atoms. The van der Waals surface area contributed by atoms with E-state index >= 15 is 0 Å². The van der Waals surface area contributed by atoms with E-state index in [0.717, 1.165) is 13.0 Å². The maximum atomic E-state index is 5.26. The summed E-state index contributed by atoms with van der Waals surface area (Å²) >= 11 is 0. The van der Waals surface area contributed by atoms with Crippen molar-refractivity contribution in [3.05, 3.63) is 59.7 Å². The van der Waals surface area contributed by atoms with Gasteiger partial charge in [0.15, 0.2) is 0 Å². The minimum Gasteiger partial charge on any atom is -0.385 e. The second-order valence-corrected chi connectivity index (χ2v) is 4.89. The fourth-order valence-electron chi connectivity index (χ4n) is 2.19. The third-order valence-corrected chi connectivity index (χ3v) is 3.79. The number of hydrogen-bond acceptors (Lipinski definition) is 1. The molecule has 0 amide bonds. The van der Waals surface area contributed by atoms with Gasteiger partial charge in [0, 0.05) is 19.1 Å². The highest BCUT2D eigenvalue weighted by Crippen LogP contribution is 2.37. The fourth-order valence-corrected chi connectivity index (χ4v) is 2.19. The van der Waals surface area contributed by atoms with Crippen molar-refractivity contribution in [1.29, 1.82) is 0 Å². The predicted molar refractivity (Wildman–Crippen MR) is 78.9 cm³/mol. The van der Waals surface area contributed by atoms with Crippen LogP contribution in [0.25, 0.3) is 0 Å². The highest BCUT2D eigenvalue weighted by Gasteiger charge is 2.29. The first-order chi connectivity index (χ1) is 8.56. The number of allylic oxidation sites excluding steroid dienone is 3. The van der Waals surface area contributed by atoms with Gasteiger partial charge in [-0.05, 0) is 31.4 Å². The van der Waals surface area contributed by atoms with Crippen molar-refractivity contribution in [3.63, 3.8) is 0 Å². The standard InChI is InChI=1S/C17H24O/c1-6-14(2)15(3)17(4,12-13-18-5)16-10-8-7-9-11-16/h6-11H,3,12-13H2,1-2,4-5H3/b14-6+. The van der Waals surface area contributed by atoms with Gasteiger partial charge in [-0.3, -0.25) is 0 Å². The molecule has 18 heavy (non-hydrogen) atoms. The quantitative estimate of drug-likeness (QED) is 0.669. The SMILES string of the molecule is C=C(/C(C)=C/C)C(C)(CCOC)c1ccccc1. The normalized spacial score (nSPS) is 15.2. The zero-order valence-electron chi connectivity index (χ0n) is 12.0. The second kappa shape index (κ2) is 6.55. The zero-order chi connectivity index (χ0) is 13.6. The summed E-state index contributed by atoms with van der Waals surface area (Å²) in [6, 6.07) is 10.6. The predicted octanol–water partition coefficient (Wildman–Crippen LogP) is 4.50. The maximum absolute atomic E-state index is 5.26. The summed E-state index contributed by atoms with van der Waals surface area (Å²) in [5.41, 5.74) is 3.66. The van der Waals surface area contributed by atoms with E-state index < -0.39 is 0 Å². The van der Waals surface area contributed by atoms with Crippen molar-refractivity contribution in [2.75, 3.05) is 13.7 Å². The molecule has 0 saturated heterocycles. The van der Waals surface area contributed by atoms with Crippen LogP contribution in [0.1, 0.15) is 32.8 Å². The van der Waals surface area contributed by atoms with Crippen LogP contribution in [-0.2, 0) is 10.2 Å². The van der Waals surface area contributed by atoms with E-state index in [0.29, 0.717) is 0 Å². The molecule has 1 aromatic carbocycles. The third-order valence-electron chi connectivity index (χ3n) is 3.79. The van der Waals surface area contributed by atoms with Gasteiger partial charge >= 0.3 is 0 Å². The molecule has 0 fully saturated rings. The molecule has 0 radical (unpaired) electrons. The number of ether oxygens (including phenoxy) is 1. The molecule has 1 nitrogen and oxygen atoms in total. The van der Waals surface area contributed by atoms with Gasteiger partial charge in [0.1, 0.15) is 0 Å². The Balaban J connectivity index is 3.14. The zero-order valence-corrected chi connectivity index (χ0v) is 12.0. The van der Waals surface area contributed by atoms with Crippen molar-refractivity contribution in [2.45, 2.75) is 32.6 Å². The molecule has 1 aromatic rings. The van der Waals surface area contributed by atoms with Gasteiger partial charge in [-0.1, -0.05) is 55.5 Å². The molecular weight excluding hydrogens is 220 g/mol. The van der Waals surface area contributed by atoms with E-state index in [2.05, 4.69) is 57.7 Å². The van der Waals surface area contributed by atoms with Crippen LogP contribution in [0.4, 0.5) is 0 Å². The molecule has 0 aromatic heterocycles. The summed E-state index contributed by atoms with van der Waals surface area (Å²) in [5.74, 6) is 0. The molecule has 1 atom stereocenters. The van der Waals surface area contributed by atoms with Crippen LogP contribution in [0.2, 0.25) is 0 Å². The number of hydrogen-bond donors (Lipinski definition) is 0. The summed E-state index contributed by atoms with van der Waals surface area (Å²) in [7, 11) is 1.75. The van der Waals surface area contributed by atoms with Gasteiger partial charge in [-0.25, -0.2) is 0 Å². The summed E-state index contributed by atoms with van der Waals surface area (Å²) < 4.78 is 5.26. The first-order valence-electron chi connectivity index (χ1n) is 6.43. The Labute approximate surface area is 111 Å². The highest BCUT2D eigenvalue weighted by molar-refractivity contribution is 5.43. The third kappa shape index (κ3) is 3.11. The molecule has 0 aliphatic carbocycles. The fraction of sp³-hybridized carbons (Fsp3) is 0.412. The van der Waals surface area contributed by atoms with Crippen molar-refractivity contribution >= 4 is 0 Å². The van der Waals surface area contributed by atoms with Crippen LogP contribution in [0.15, 0.2) is 54.1 Å². The average molecular weight is 244 g/mol. The van der Waals surface area contributed by atoms with Crippen molar-refractivity contribution < 1.29 is 4.74 Å². The molecule has 0 aliphatic rings. The minimum absolute atomic E-state index is 0.0616. The lowest BCUT2D eigenvalue weighted by Gasteiger charge is -2.33. The van der Waals surface area contributed by atoms with Gasteiger partial charge in [-0.2, -0.15) is 0 Å². The second-order valence-electron chi connectivity index (χ2n) is 4.89. The molecule has 0 spiro atoms. The lowest BCUT2D eigenvalue weighted by molar-refractivity contribution is 0.178. The lowest BCUT2D eigenvalue weighted by Crippen LogP contribution is -2.26. The Bertz CT molecular complexity index is 416. The van der Waals surface area contributed by atoms with E-state index in [-0.39, 0.29) is 5.41 Å². The van der Waals surface area contributed by atoms with E-state index in [1.165, 1.54) is 16.7 Å². The van der Waals surface area contributed by atoms with Crippen molar-refractivity contribution in [2.24, 2.45) is 0 Å². The Morgan fingerprint density at radius 3 is 2.44 bits per heavy atom. The number of benzene rings is 1. The molecule has 1 rings (SSSR count). The molecule has 0 N–H and O–H groups in total. The summed E-state index contributed by atoms with van der Waals surface area (Å²) in [5, 5.41) is 0. The smallest absolute Gasteiger partial charge is 0.0473 e. The minimum atomic E-state index is -0.0616. The monoisotopic (exact) mass is 244 g/mol. The topological polar surface area (TPSA) is 9.23 Å². The van der Waals surface area contributed by atoms with Crippen LogP contribution in [0.5, 0.6) is 0 Å². The Morgan fingerprint density at radius 1 is 1.33 bits per heavy atom. The summed E-state index contributed by atoms with van der Waals surface area (Å²) in [6.07, 6.45) is 3.06. The van der Waals surface area contributed by atoms with Crippen molar-refractivity contribution in [3.8, 4) is 0 Å². The van der Waals surface area contributed by atoms with Crippen molar-refractivity contribution in [1.82, 2.24) is 0 Å². The molecule has 0 saturated carbocycles. The Hall–Kier alpha value is -1.34. The largest absolute Gasteiger partial charge is 0.385 e. The first kappa shape index (κ1) is 14.7. The van der Waals surface area contributed by atoms with Crippen LogP contribution in [0, 0.1) is 0 Å². The molecule has 1 heteroatoms. The van der Waals surface area contributed by atoms with Crippen LogP contribution in [-0.4, -0.2) is 13.7 Å². The molecule has 98 valence electrons. The lowest BCUT2D eigenvalue weighted by atomic mass is 9.72. The Morgan fingerprint density at radius 2 is 1.94 bits per heavy atom. The van der Waals surface area contributed by atoms with Crippen LogP contribution >= 0.6 is 0 Å². The number of methoxy groups -OCH3 is 1. The van der Waals surface area contributed by atoms with E-state index in [9.17, 15) is 0 Å². The first-order valence-corrected chi connectivity index (χ1v) is 6.43. The molecular formula is C17H24O. The average Bonchev–Trinajstić information content (AvgIpc) is 2.44. The van der Waals surface area contributed by atoms with Gasteiger partial charge in [-0.15, -0.1) is 0 Å². The molecule has 0 aliphatic heterocycles. The maximum Gasteiger partial charge on any atom is 0.0473 e. The van der Waals surface area contributed by atoms with E-state index in [1.54, 1.807) is 7.11 Å². The van der Waals surface area contributed by atoms with E-state index in [4.69, 9.17) is 4.74 Å².